The average molecular weight is 118 g/mol. The highest BCUT2D eigenvalue weighted by Gasteiger charge is 1.75. The van der Waals surface area contributed by atoms with Crippen LogP contribution in [0.2, 0.25) is 0 Å². The smallest absolute Gasteiger partial charge is 0.128 e. The molecule has 0 spiro atoms. The normalized spacial score (nSPS) is 10.2. The Morgan fingerprint density at radius 3 is 2.75 bits per heavy atom. The number of allylic oxidation sites excluding steroid dienone is 1. The molecular formula is C5H10O3. The van der Waals surface area contributed by atoms with Crippen molar-refractivity contribution in [2.75, 3.05) is 6.61 Å². The van der Waals surface area contributed by atoms with Gasteiger partial charge in [-0.25, -0.2) is 0 Å². The van der Waals surface area contributed by atoms with E-state index in [-0.39, 0.29) is 0 Å². The molecule has 48 valence electrons. The zero-order chi connectivity index (χ0) is 6.24. The zero-order valence-corrected chi connectivity index (χ0v) is 5.09. The average Bonchev–Trinajstić information content (AvgIpc) is 1.81. The standard InChI is InChI=1S/C5H10O3/c1-3-5-7-8-6-4-2/h3,5H,4H2,1-2H3/b5-3+. The van der Waals surface area contributed by atoms with E-state index in [0.29, 0.717) is 6.61 Å². The second-order valence-electron chi connectivity index (χ2n) is 1.04. The molecular weight excluding hydrogens is 108 g/mol. The topological polar surface area (TPSA) is 27.7 Å². The van der Waals surface area contributed by atoms with Crippen LogP contribution in [0.3, 0.4) is 0 Å². The first-order valence-electron chi connectivity index (χ1n) is 2.48. The van der Waals surface area contributed by atoms with E-state index in [1.165, 1.54) is 6.26 Å². The van der Waals surface area contributed by atoms with Crippen molar-refractivity contribution in [1.82, 2.24) is 0 Å². The van der Waals surface area contributed by atoms with Crippen molar-refractivity contribution in [3.63, 3.8) is 0 Å². The maximum Gasteiger partial charge on any atom is 0.128 e. The van der Waals surface area contributed by atoms with Gasteiger partial charge in [0, 0.05) is 0 Å². The summed E-state index contributed by atoms with van der Waals surface area (Å²) in [7, 11) is 0. The Balaban J connectivity index is 2.72. The quantitative estimate of drug-likeness (QED) is 0.242. The zero-order valence-electron chi connectivity index (χ0n) is 5.09. The molecule has 0 radical (unpaired) electrons. The molecule has 3 nitrogen and oxygen atoms in total. The first-order chi connectivity index (χ1) is 3.91. The summed E-state index contributed by atoms with van der Waals surface area (Å²) >= 11 is 0. The van der Waals surface area contributed by atoms with E-state index in [1.54, 1.807) is 13.0 Å². The van der Waals surface area contributed by atoms with Crippen LogP contribution in [0.4, 0.5) is 0 Å². The Morgan fingerprint density at radius 2 is 2.25 bits per heavy atom. The third-order valence-electron chi connectivity index (χ3n) is 0.397. The van der Waals surface area contributed by atoms with Crippen LogP contribution in [-0.4, -0.2) is 6.61 Å². The molecule has 0 rings (SSSR count). The monoisotopic (exact) mass is 118 g/mol. The van der Waals surface area contributed by atoms with Crippen molar-refractivity contribution in [3.05, 3.63) is 12.3 Å². The third-order valence-corrected chi connectivity index (χ3v) is 0.397. The minimum atomic E-state index is 0.484. The molecule has 8 heavy (non-hydrogen) atoms. The Labute approximate surface area is 48.7 Å². The van der Waals surface area contributed by atoms with Crippen molar-refractivity contribution in [3.8, 4) is 0 Å². The first kappa shape index (κ1) is 7.46. The molecule has 0 aromatic rings. The Morgan fingerprint density at radius 1 is 1.50 bits per heavy atom. The predicted molar refractivity (Wildman–Crippen MR) is 28.6 cm³/mol. The van der Waals surface area contributed by atoms with Gasteiger partial charge in [0.05, 0.1) is 6.61 Å². The highest BCUT2D eigenvalue weighted by molar-refractivity contribution is 4.62. The fraction of sp³-hybridized carbons (Fsp3) is 0.600. The van der Waals surface area contributed by atoms with Gasteiger partial charge in [-0.1, -0.05) is 0 Å². The number of rotatable bonds is 4. The summed E-state index contributed by atoms with van der Waals surface area (Å²) in [6, 6.07) is 0. The summed E-state index contributed by atoms with van der Waals surface area (Å²) in [6.07, 6.45) is 3.08. The molecule has 0 atom stereocenters. The lowest BCUT2D eigenvalue weighted by atomic mass is 10.7. The van der Waals surface area contributed by atoms with Gasteiger partial charge in [0.15, 0.2) is 0 Å². The van der Waals surface area contributed by atoms with Gasteiger partial charge in [-0.15, -0.1) is 0 Å². The van der Waals surface area contributed by atoms with Crippen molar-refractivity contribution in [2.45, 2.75) is 13.8 Å². The Kier molecular flexibility index (Phi) is 6.02. The van der Waals surface area contributed by atoms with Gasteiger partial charge in [-0.3, -0.25) is 0 Å². The molecule has 3 heteroatoms. The van der Waals surface area contributed by atoms with Crippen LogP contribution in [0.1, 0.15) is 13.8 Å². The lowest BCUT2D eigenvalue weighted by molar-refractivity contribution is -0.488. The van der Waals surface area contributed by atoms with Gasteiger partial charge in [0.25, 0.3) is 0 Å². The van der Waals surface area contributed by atoms with Crippen molar-refractivity contribution in [1.29, 1.82) is 0 Å². The summed E-state index contributed by atoms with van der Waals surface area (Å²) in [6.45, 7) is 4.10. The van der Waals surface area contributed by atoms with E-state index in [0.717, 1.165) is 0 Å². The molecule has 0 fully saturated rings. The van der Waals surface area contributed by atoms with E-state index in [1.807, 2.05) is 6.92 Å². The lowest BCUT2D eigenvalue weighted by Gasteiger charge is -1.93. The molecule has 0 aromatic carbocycles. The molecule has 0 aliphatic rings. The molecule has 0 bridgehead atoms. The molecule has 0 saturated carbocycles. The molecule has 0 aliphatic carbocycles. The molecule has 0 aromatic heterocycles. The van der Waals surface area contributed by atoms with E-state index in [2.05, 4.69) is 14.8 Å². The van der Waals surface area contributed by atoms with Gasteiger partial charge in [0.1, 0.15) is 6.26 Å². The fourth-order valence-corrected chi connectivity index (χ4v) is 0.154. The second-order valence-corrected chi connectivity index (χ2v) is 1.04. The molecule has 0 unspecified atom stereocenters. The van der Waals surface area contributed by atoms with Crippen LogP contribution in [0, 0.1) is 0 Å². The summed E-state index contributed by atoms with van der Waals surface area (Å²) in [5.41, 5.74) is 0. The fourth-order valence-electron chi connectivity index (χ4n) is 0.154. The van der Waals surface area contributed by atoms with Crippen molar-refractivity contribution in [2.24, 2.45) is 0 Å². The van der Waals surface area contributed by atoms with Crippen LogP contribution >= 0.6 is 0 Å². The van der Waals surface area contributed by atoms with E-state index in [9.17, 15) is 0 Å². The van der Waals surface area contributed by atoms with Crippen LogP contribution in [0.25, 0.3) is 0 Å². The maximum absolute atomic E-state index is 4.36. The number of hydrogen-bond donors (Lipinski definition) is 0. The van der Waals surface area contributed by atoms with Crippen LogP contribution in [-0.2, 0) is 14.8 Å². The SMILES string of the molecule is C/C=C/OOOCC. The summed E-state index contributed by atoms with van der Waals surface area (Å²) in [5.74, 6) is 0. The van der Waals surface area contributed by atoms with Crippen LogP contribution in [0.5, 0.6) is 0 Å². The lowest BCUT2D eigenvalue weighted by Crippen LogP contribution is -1.89. The first-order valence-corrected chi connectivity index (χ1v) is 2.48. The molecule has 0 amide bonds. The van der Waals surface area contributed by atoms with Crippen LogP contribution in [0.15, 0.2) is 12.3 Å². The highest BCUT2D eigenvalue weighted by atomic mass is 17.5. The molecule has 0 heterocycles. The molecule has 0 aliphatic heterocycles. The Hall–Kier alpha value is -0.540. The maximum atomic E-state index is 4.36. The number of hydrogen-bond acceptors (Lipinski definition) is 3. The van der Waals surface area contributed by atoms with Crippen LogP contribution < -0.4 is 0 Å². The van der Waals surface area contributed by atoms with Gasteiger partial charge in [0.2, 0.25) is 0 Å². The van der Waals surface area contributed by atoms with E-state index in [4.69, 9.17) is 0 Å². The highest BCUT2D eigenvalue weighted by Crippen LogP contribution is 1.80. The third kappa shape index (κ3) is 5.46. The van der Waals surface area contributed by atoms with Gasteiger partial charge in [-0.05, 0) is 25.0 Å². The van der Waals surface area contributed by atoms with E-state index >= 15 is 0 Å². The van der Waals surface area contributed by atoms with E-state index < -0.39 is 0 Å². The Bertz CT molecular complexity index is 60.7. The van der Waals surface area contributed by atoms with Gasteiger partial charge < -0.3 is 4.89 Å². The van der Waals surface area contributed by atoms with Crippen molar-refractivity contribution >= 4 is 0 Å². The van der Waals surface area contributed by atoms with Gasteiger partial charge >= 0.3 is 0 Å². The minimum absolute atomic E-state index is 0.484. The van der Waals surface area contributed by atoms with Gasteiger partial charge in [-0.2, -0.15) is 4.89 Å². The van der Waals surface area contributed by atoms with Crippen molar-refractivity contribution < 1.29 is 14.8 Å². The molecule has 0 saturated heterocycles. The molecule has 0 N–H and O–H groups in total. The summed E-state index contributed by atoms with van der Waals surface area (Å²) in [4.78, 5) is 8.68. The summed E-state index contributed by atoms with van der Waals surface area (Å²) < 4.78 is 0. The largest absolute Gasteiger partial charge is 0.317 e. The second kappa shape index (κ2) is 6.46. The predicted octanol–water partition coefficient (Wildman–Crippen LogP) is 1.42. The summed E-state index contributed by atoms with van der Waals surface area (Å²) in [5, 5.41) is 4.14. The minimum Gasteiger partial charge on any atom is -0.317 e.